The maximum atomic E-state index is 6.08. The van der Waals surface area contributed by atoms with E-state index in [2.05, 4.69) is 21.8 Å². The number of likely N-dealkylation sites (N-methyl/N-ethyl adjacent to an activating group) is 1. The molecule has 1 aliphatic heterocycles. The molecule has 1 aromatic rings. The molecule has 5 heteroatoms. The van der Waals surface area contributed by atoms with Crippen molar-refractivity contribution in [2.45, 2.75) is 12.6 Å². The van der Waals surface area contributed by atoms with E-state index in [9.17, 15) is 0 Å². The van der Waals surface area contributed by atoms with Gasteiger partial charge in [0, 0.05) is 50.5 Å². The molecule has 1 atom stereocenters. The van der Waals surface area contributed by atoms with Crippen LogP contribution < -0.4 is 5.73 Å². The van der Waals surface area contributed by atoms with Gasteiger partial charge >= 0.3 is 0 Å². The summed E-state index contributed by atoms with van der Waals surface area (Å²) < 4.78 is 0. The van der Waals surface area contributed by atoms with E-state index >= 15 is 0 Å². The number of halogens is 1. The van der Waals surface area contributed by atoms with Crippen LogP contribution in [0.3, 0.4) is 0 Å². The van der Waals surface area contributed by atoms with Crippen molar-refractivity contribution in [1.82, 2.24) is 14.8 Å². The standard InChI is InChI=1S/C12H19ClN4/c1-16-5-6-17(11(7-14)9-16)8-10-3-2-4-15-12(10)13/h2-4,11H,5-9,14H2,1H3. The zero-order chi connectivity index (χ0) is 12.3. The Morgan fingerprint density at radius 3 is 3.06 bits per heavy atom. The van der Waals surface area contributed by atoms with Gasteiger partial charge in [-0.25, -0.2) is 4.98 Å². The number of pyridine rings is 1. The normalized spacial score (nSPS) is 22.9. The summed E-state index contributed by atoms with van der Waals surface area (Å²) in [5.74, 6) is 0. The fourth-order valence-electron chi connectivity index (χ4n) is 2.24. The number of hydrogen-bond acceptors (Lipinski definition) is 4. The summed E-state index contributed by atoms with van der Waals surface area (Å²) in [4.78, 5) is 8.82. The van der Waals surface area contributed by atoms with Gasteiger partial charge in [0.15, 0.2) is 0 Å². The van der Waals surface area contributed by atoms with Gasteiger partial charge in [-0.3, -0.25) is 4.90 Å². The molecular weight excluding hydrogens is 236 g/mol. The Balaban J connectivity index is 2.05. The number of aromatic nitrogens is 1. The second kappa shape index (κ2) is 5.78. The van der Waals surface area contributed by atoms with E-state index in [1.165, 1.54) is 0 Å². The third-order valence-corrected chi connectivity index (χ3v) is 3.63. The quantitative estimate of drug-likeness (QED) is 0.811. The topological polar surface area (TPSA) is 45.4 Å². The van der Waals surface area contributed by atoms with Crippen LogP contribution in [-0.4, -0.2) is 54.1 Å². The van der Waals surface area contributed by atoms with Crippen LogP contribution in [0, 0.1) is 0 Å². The number of piperazine rings is 1. The molecule has 0 bridgehead atoms. The second-order valence-electron chi connectivity index (χ2n) is 4.58. The van der Waals surface area contributed by atoms with Gasteiger partial charge in [0.1, 0.15) is 5.15 Å². The Bertz CT molecular complexity index is 371. The predicted octanol–water partition coefficient (Wildman–Crippen LogP) is 0.810. The molecule has 2 heterocycles. The van der Waals surface area contributed by atoms with E-state index in [1.54, 1.807) is 6.20 Å². The van der Waals surface area contributed by atoms with Crippen molar-refractivity contribution < 1.29 is 0 Å². The summed E-state index contributed by atoms with van der Waals surface area (Å²) >= 11 is 6.08. The molecule has 1 saturated heterocycles. The van der Waals surface area contributed by atoms with Crippen LogP contribution >= 0.6 is 11.6 Å². The van der Waals surface area contributed by atoms with Crippen molar-refractivity contribution in [2.75, 3.05) is 33.2 Å². The number of rotatable bonds is 3. The lowest BCUT2D eigenvalue weighted by Crippen LogP contribution is -2.54. The SMILES string of the molecule is CN1CCN(Cc2cccnc2Cl)C(CN)C1. The van der Waals surface area contributed by atoms with Gasteiger partial charge in [0.25, 0.3) is 0 Å². The Morgan fingerprint density at radius 1 is 1.53 bits per heavy atom. The van der Waals surface area contributed by atoms with Gasteiger partial charge in [-0.1, -0.05) is 17.7 Å². The van der Waals surface area contributed by atoms with E-state index in [0.717, 1.165) is 31.7 Å². The summed E-state index contributed by atoms with van der Waals surface area (Å²) in [5.41, 5.74) is 6.91. The predicted molar refractivity (Wildman–Crippen MR) is 70.0 cm³/mol. The minimum Gasteiger partial charge on any atom is -0.329 e. The van der Waals surface area contributed by atoms with E-state index in [-0.39, 0.29) is 0 Å². The fourth-order valence-corrected chi connectivity index (χ4v) is 2.42. The molecule has 2 rings (SSSR count). The summed E-state index contributed by atoms with van der Waals surface area (Å²) in [6.07, 6.45) is 1.72. The van der Waals surface area contributed by atoms with Gasteiger partial charge in [0.05, 0.1) is 0 Å². The van der Waals surface area contributed by atoms with Gasteiger partial charge in [-0.15, -0.1) is 0 Å². The van der Waals surface area contributed by atoms with Crippen molar-refractivity contribution in [3.63, 3.8) is 0 Å². The third-order valence-electron chi connectivity index (χ3n) is 3.29. The lowest BCUT2D eigenvalue weighted by atomic mass is 10.1. The molecule has 94 valence electrons. The summed E-state index contributed by atoms with van der Waals surface area (Å²) in [6.45, 7) is 4.65. The van der Waals surface area contributed by atoms with Gasteiger partial charge in [0.2, 0.25) is 0 Å². The monoisotopic (exact) mass is 254 g/mol. The Hall–Kier alpha value is -0.680. The van der Waals surface area contributed by atoms with E-state index in [1.807, 2.05) is 12.1 Å². The highest BCUT2D eigenvalue weighted by Crippen LogP contribution is 2.17. The van der Waals surface area contributed by atoms with Crippen molar-refractivity contribution in [1.29, 1.82) is 0 Å². The average Bonchev–Trinajstić information content (AvgIpc) is 2.34. The summed E-state index contributed by atoms with van der Waals surface area (Å²) in [5, 5.41) is 0.599. The number of nitrogens with two attached hydrogens (primary N) is 1. The van der Waals surface area contributed by atoms with Gasteiger partial charge in [-0.05, 0) is 13.1 Å². The van der Waals surface area contributed by atoms with Crippen molar-refractivity contribution in [3.8, 4) is 0 Å². The molecule has 1 aliphatic rings. The summed E-state index contributed by atoms with van der Waals surface area (Å²) in [6, 6.07) is 4.36. The Morgan fingerprint density at radius 2 is 2.35 bits per heavy atom. The van der Waals surface area contributed by atoms with Crippen molar-refractivity contribution >= 4 is 11.6 Å². The van der Waals surface area contributed by atoms with Crippen LogP contribution in [0.2, 0.25) is 5.15 Å². The molecule has 0 spiro atoms. The third kappa shape index (κ3) is 3.16. The average molecular weight is 255 g/mol. The van der Waals surface area contributed by atoms with Gasteiger partial charge < -0.3 is 10.6 Å². The summed E-state index contributed by atoms with van der Waals surface area (Å²) in [7, 11) is 2.14. The molecular formula is C12H19ClN4. The highest BCUT2D eigenvalue weighted by molar-refractivity contribution is 6.30. The van der Waals surface area contributed by atoms with E-state index in [4.69, 9.17) is 17.3 Å². The second-order valence-corrected chi connectivity index (χ2v) is 4.93. The Kier molecular flexibility index (Phi) is 4.34. The zero-order valence-electron chi connectivity index (χ0n) is 10.1. The van der Waals surface area contributed by atoms with Gasteiger partial charge in [-0.2, -0.15) is 0 Å². The van der Waals surface area contributed by atoms with Crippen LogP contribution in [0.1, 0.15) is 5.56 Å². The molecule has 0 aromatic carbocycles. The smallest absolute Gasteiger partial charge is 0.133 e. The largest absolute Gasteiger partial charge is 0.329 e. The molecule has 0 amide bonds. The molecule has 1 aromatic heterocycles. The molecule has 0 saturated carbocycles. The van der Waals surface area contributed by atoms with Crippen molar-refractivity contribution in [3.05, 3.63) is 29.0 Å². The number of hydrogen-bond donors (Lipinski definition) is 1. The van der Waals surface area contributed by atoms with Crippen LogP contribution in [-0.2, 0) is 6.54 Å². The number of nitrogens with zero attached hydrogens (tertiary/aromatic N) is 3. The minimum atomic E-state index is 0.407. The molecule has 2 N–H and O–H groups in total. The first-order chi connectivity index (χ1) is 8.20. The zero-order valence-corrected chi connectivity index (χ0v) is 10.9. The van der Waals surface area contributed by atoms with Crippen LogP contribution in [0.5, 0.6) is 0 Å². The molecule has 17 heavy (non-hydrogen) atoms. The first-order valence-electron chi connectivity index (χ1n) is 5.92. The highest BCUT2D eigenvalue weighted by Gasteiger charge is 2.24. The fraction of sp³-hybridized carbons (Fsp3) is 0.583. The van der Waals surface area contributed by atoms with Crippen LogP contribution in [0.4, 0.5) is 0 Å². The molecule has 0 aliphatic carbocycles. The molecule has 1 fully saturated rings. The van der Waals surface area contributed by atoms with E-state index in [0.29, 0.717) is 17.7 Å². The maximum Gasteiger partial charge on any atom is 0.133 e. The highest BCUT2D eigenvalue weighted by atomic mass is 35.5. The maximum absolute atomic E-state index is 6.08. The first-order valence-corrected chi connectivity index (χ1v) is 6.30. The Labute approximate surface area is 107 Å². The minimum absolute atomic E-state index is 0.407. The first kappa shape index (κ1) is 12.8. The van der Waals surface area contributed by atoms with Crippen LogP contribution in [0.15, 0.2) is 18.3 Å². The lowest BCUT2D eigenvalue weighted by molar-refractivity contribution is 0.0880. The van der Waals surface area contributed by atoms with Crippen LogP contribution in [0.25, 0.3) is 0 Å². The molecule has 1 unspecified atom stereocenters. The van der Waals surface area contributed by atoms with Crippen molar-refractivity contribution in [2.24, 2.45) is 5.73 Å². The lowest BCUT2D eigenvalue weighted by Gasteiger charge is -2.39. The molecule has 4 nitrogen and oxygen atoms in total. The van der Waals surface area contributed by atoms with E-state index < -0.39 is 0 Å². The molecule has 0 radical (unpaired) electrons.